The standard InChI is InChI=1S/C16H15ClN4O3S/c1-9-4-3-5-10(2)14(9)19-16(25)20-18-8-11-6-12(17)7-13(15(11)22)21(23)24/h3-8,22H,1-2H3,(H2,19,20,25)/b18-8-. The minimum absolute atomic E-state index is 0.0987. The molecule has 0 atom stereocenters. The van der Waals surface area contributed by atoms with Gasteiger partial charge < -0.3 is 10.4 Å². The van der Waals surface area contributed by atoms with E-state index in [0.717, 1.165) is 22.9 Å². The molecule has 0 saturated carbocycles. The number of aryl methyl sites for hydroxylation is 2. The van der Waals surface area contributed by atoms with Gasteiger partial charge >= 0.3 is 5.69 Å². The summed E-state index contributed by atoms with van der Waals surface area (Å²) in [4.78, 5) is 10.1. The molecule has 0 amide bonds. The fraction of sp³-hybridized carbons (Fsp3) is 0.125. The van der Waals surface area contributed by atoms with Gasteiger partial charge in [0.2, 0.25) is 5.75 Å². The van der Waals surface area contributed by atoms with Crippen LogP contribution in [-0.2, 0) is 0 Å². The smallest absolute Gasteiger partial charge is 0.312 e. The van der Waals surface area contributed by atoms with Crippen LogP contribution in [0, 0.1) is 24.0 Å². The second kappa shape index (κ2) is 7.91. The van der Waals surface area contributed by atoms with Crippen molar-refractivity contribution in [2.75, 3.05) is 5.32 Å². The summed E-state index contributed by atoms with van der Waals surface area (Å²) in [6, 6.07) is 8.26. The monoisotopic (exact) mass is 378 g/mol. The van der Waals surface area contributed by atoms with Gasteiger partial charge in [-0.05, 0) is 43.3 Å². The maximum atomic E-state index is 10.9. The molecule has 2 aromatic carbocycles. The summed E-state index contributed by atoms with van der Waals surface area (Å²) in [6.45, 7) is 3.90. The van der Waals surface area contributed by atoms with Crippen molar-refractivity contribution in [1.29, 1.82) is 0 Å². The Morgan fingerprint density at radius 3 is 2.60 bits per heavy atom. The first kappa shape index (κ1) is 18.6. The minimum atomic E-state index is -0.723. The van der Waals surface area contributed by atoms with Gasteiger partial charge in [-0.3, -0.25) is 15.5 Å². The van der Waals surface area contributed by atoms with Crippen molar-refractivity contribution in [2.24, 2.45) is 5.10 Å². The van der Waals surface area contributed by atoms with E-state index in [9.17, 15) is 15.2 Å². The van der Waals surface area contributed by atoms with Crippen LogP contribution in [0.1, 0.15) is 16.7 Å². The van der Waals surface area contributed by atoms with Crippen LogP contribution >= 0.6 is 23.8 Å². The van der Waals surface area contributed by atoms with Crippen LogP contribution in [0.15, 0.2) is 35.4 Å². The van der Waals surface area contributed by atoms with Gasteiger partial charge in [-0.15, -0.1) is 0 Å². The molecule has 2 aromatic rings. The molecule has 0 radical (unpaired) electrons. The molecule has 0 aliphatic carbocycles. The second-order valence-corrected chi connectivity index (χ2v) is 6.06. The first-order chi connectivity index (χ1) is 11.8. The first-order valence-electron chi connectivity index (χ1n) is 7.12. The summed E-state index contributed by atoms with van der Waals surface area (Å²) in [7, 11) is 0. The Balaban J connectivity index is 2.11. The molecule has 0 bridgehead atoms. The van der Waals surface area contributed by atoms with Crippen LogP contribution < -0.4 is 10.7 Å². The highest BCUT2D eigenvalue weighted by atomic mass is 35.5. The van der Waals surface area contributed by atoms with Crippen LogP contribution in [0.25, 0.3) is 0 Å². The number of benzene rings is 2. The van der Waals surface area contributed by atoms with E-state index in [4.69, 9.17) is 23.8 Å². The number of nitrogens with zero attached hydrogens (tertiary/aromatic N) is 2. The molecule has 130 valence electrons. The van der Waals surface area contributed by atoms with Crippen molar-refractivity contribution in [3.63, 3.8) is 0 Å². The number of hydrogen-bond donors (Lipinski definition) is 3. The van der Waals surface area contributed by atoms with Gasteiger partial charge in [-0.2, -0.15) is 5.10 Å². The summed E-state index contributed by atoms with van der Waals surface area (Å²) in [6.07, 6.45) is 1.20. The van der Waals surface area contributed by atoms with Gasteiger partial charge in [-0.25, -0.2) is 0 Å². The number of nitrogens with one attached hydrogen (secondary N) is 2. The first-order valence-corrected chi connectivity index (χ1v) is 7.91. The SMILES string of the molecule is Cc1cccc(C)c1NC(=S)N/N=C\c1cc(Cl)cc([N+](=O)[O-])c1O. The molecule has 0 saturated heterocycles. The number of hydrazone groups is 1. The number of thiocarbonyl (C=S) groups is 1. The number of phenolic OH excluding ortho intramolecular Hbond substituents is 1. The summed E-state index contributed by atoms with van der Waals surface area (Å²) in [5.74, 6) is -0.520. The fourth-order valence-corrected chi connectivity index (χ4v) is 2.53. The average Bonchev–Trinajstić information content (AvgIpc) is 2.53. The van der Waals surface area contributed by atoms with E-state index in [1.165, 1.54) is 12.3 Å². The summed E-state index contributed by atoms with van der Waals surface area (Å²) < 4.78 is 0. The Morgan fingerprint density at radius 1 is 1.36 bits per heavy atom. The molecule has 2 rings (SSSR count). The highest BCUT2D eigenvalue weighted by Crippen LogP contribution is 2.32. The molecule has 0 aromatic heterocycles. The van der Waals surface area contributed by atoms with Crippen LogP contribution in [0.4, 0.5) is 11.4 Å². The number of phenols is 1. The number of halogens is 1. The lowest BCUT2D eigenvalue weighted by atomic mass is 10.1. The van der Waals surface area contributed by atoms with Crippen LogP contribution in [0.5, 0.6) is 5.75 Å². The maximum absolute atomic E-state index is 10.9. The Kier molecular flexibility index (Phi) is 5.89. The molecule has 3 N–H and O–H groups in total. The highest BCUT2D eigenvalue weighted by Gasteiger charge is 2.17. The number of anilines is 1. The molecule has 0 heterocycles. The molecule has 9 heteroatoms. The van der Waals surface area contributed by atoms with Gasteiger partial charge in [0.25, 0.3) is 0 Å². The van der Waals surface area contributed by atoms with E-state index in [1.807, 2.05) is 32.0 Å². The molecule has 0 unspecified atom stereocenters. The van der Waals surface area contributed by atoms with Gasteiger partial charge in [0.1, 0.15) is 0 Å². The molecular formula is C16H15ClN4O3S. The zero-order valence-electron chi connectivity index (χ0n) is 13.4. The summed E-state index contributed by atoms with van der Waals surface area (Å²) in [5, 5.41) is 28.0. The van der Waals surface area contributed by atoms with E-state index in [0.29, 0.717) is 0 Å². The van der Waals surface area contributed by atoms with E-state index >= 15 is 0 Å². The number of nitro benzene ring substituents is 1. The van der Waals surface area contributed by atoms with Gasteiger partial charge in [-0.1, -0.05) is 29.8 Å². The number of rotatable bonds is 4. The largest absolute Gasteiger partial charge is 0.502 e. The summed E-state index contributed by atoms with van der Waals surface area (Å²) >= 11 is 11.0. The maximum Gasteiger partial charge on any atom is 0.312 e. The van der Waals surface area contributed by atoms with Crippen molar-refractivity contribution < 1.29 is 10.0 Å². The third-order valence-corrected chi connectivity index (χ3v) is 3.78. The second-order valence-electron chi connectivity index (χ2n) is 5.21. The van der Waals surface area contributed by atoms with Crippen LogP contribution in [0.2, 0.25) is 5.02 Å². The van der Waals surface area contributed by atoms with Crippen molar-refractivity contribution in [3.05, 3.63) is 62.2 Å². The van der Waals surface area contributed by atoms with Gasteiger partial charge in [0, 0.05) is 22.3 Å². The lowest BCUT2D eigenvalue weighted by Gasteiger charge is -2.12. The average molecular weight is 379 g/mol. The summed E-state index contributed by atoms with van der Waals surface area (Å²) in [5.41, 5.74) is 5.12. The number of nitro groups is 1. The third-order valence-electron chi connectivity index (χ3n) is 3.37. The third kappa shape index (κ3) is 4.65. The molecule has 0 spiro atoms. The quantitative estimate of drug-likeness (QED) is 0.323. The molecule has 0 aliphatic heterocycles. The Labute approximate surface area is 154 Å². The van der Waals surface area contributed by atoms with Crippen molar-refractivity contribution in [3.8, 4) is 5.75 Å². The molecule has 0 aliphatic rings. The molecule has 0 fully saturated rings. The number of para-hydroxylation sites is 1. The van der Waals surface area contributed by atoms with Gasteiger partial charge in [0.05, 0.1) is 11.1 Å². The zero-order chi connectivity index (χ0) is 18.6. The van der Waals surface area contributed by atoms with E-state index < -0.39 is 16.4 Å². The predicted octanol–water partition coefficient (Wildman–Crippen LogP) is 3.89. The van der Waals surface area contributed by atoms with Crippen molar-refractivity contribution in [1.82, 2.24) is 5.43 Å². The predicted molar refractivity (Wildman–Crippen MR) is 103 cm³/mol. The van der Waals surface area contributed by atoms with E-state index in [2.05, 4.69) is 15.8 Å². The van der Waals surface area contributed by atoms with Crippen molar-refractivity contribution >= 4 is 46.5 Å². The normalized spacial score (nSPS) is 10.7. The number of aromatic hydroxyl groups is 1. The minimum Gasteiger partial charge on any atom is -0.502 e. The van der Waals surface area contributed by atoms with Gasteiger partial charge in [0.15, 0.2) is 5.11 Å². The molecule has 7 nitrogen and oxygen atoms in total. The van der Waals surface area contributed by atoms with E-state index in [-0.39, 0.29) is 15.7 Å². The zero-order valence-corrected chi connectivity index (χ0v) is 15.0. The Hall–Kier alpha value is -2.71. The Bertz CT molecular complexity index is 850. The number of hydrogen-bond acceptors (Lipinski definition) is 5. The molecule has 25 heavy (non-hydrogen) atoms. The van der Waals surface area contributed by atoms with Crippen LogP contribution in [-0.4, -0.2) is 21.4 Å². The topological polar surface area (TPSA) is 99.8 Å². The van der Waals surface area contributed by atoms with E-state index in [1.54, 1.807) is 0 Å². The lowest BCUT2D eigenvalue weighted by molar-refractivity contribution is -0.385. The fourth-order valence-electron chi connectivity index (χ4n) is 2.16. The van der Waals surface area contributed by atoms with Crippen molar-refractivity contribution in [2.45, 2.75) is 13.8 Å². The Morgan fingerprint density at radius 2 is 2.00 bits per heavy atom. The molecular weight excluding hydrogens is 364 g/mol. The lowest BCUT2D eigenvalue weighted by Crippen LogP contribution is -2.24. The van der Waals surface area contributed by atoms with Crippen LogP contribution in [0.3, 0.4) is 0 Å². The highest BCUT2D eigenvalue weighted by molar-refractivity contribution is 7.80.